The smallest absolute Gasteiger partial charge is 0.305 e. The average Bonchev–Trinajstić information content (AvgIpc) is 2.17. The number of rotatable bonds is 4. The summed E-state index contributed by atoms with van der Waals surface area (Å²) in [4.78, 5) is 11.0. The normalized spacial score (nSPS) is 21.3. The lowest BCUT2D eigenvalue weighted by molar-refractivity contribution is -0.143. The molecule has 0 heterocycles. The maximum atomic E-state index is 12.8. The first-order chi connectivity index (χ1) is 7.03. The highest BCUT2D eigenvalue weighted by molar-refractivity contribution is 5.69. The second-order valence-electron chi connectivity index (χ2n) is 4.14. The lowest BCUT2D eigenvalue weighted by Crippen LogP contribution is -2.25. The summed E-state index contributed by atoms with van der Waals surface area (Å²) in [5, 5.41) is 0. The number of ether oxygens (including phenoxy) is 1. The molecule has 15 heavy (non-hydrogen) atoms. The fourth-order valence-corrected chi connectivity index (χ4v) is 1.94. The van der Waals surface area contributed by atoms with E-state index in [4.69, 9.17) is 4.74 Å². The quantitative estimate of drug-likeness (QED) is 0.680. The van der Waals surface area contributed by atoms with Crippen molar-refractivity contribution in [2.24, 2.45) is 5.92 Å². The maximum Gasteiger partial charge on any atom is 0.305 e. The first-order valence-corrected chi connectivity index (χ1v) is 5.57. The molecule has 0 bridgehead atoms. The predicted octanol–water partition coefficient (Wildman–Crippen LogP) is 3.16. The summed E-state index contributed by atoms with van der Waals surface area (Å²) in [5.74, 6) is -2.41. The van der Waals surface area contributed by atoms with Crippen LogP contribution >= 0.6 is 0 Å². The van der Waals surface area contributed by atoms with Crippen LogP contribution in [0.15, 0.2) is 0 Å². The van der Waals surface area contributed by atoms with Crippen LogP contribution in [0.2, 0.25) is 0 Å². The minimum absolute atomic E-state index is 0.0273. The third-order valence-electron chi connectivity index (χ3n) is 2.90. The maximum absolute atomic E-state index is 12.8. The highest BCUT2D eigenvalue weighted by Gasteiger charge is 2.34. The Morgan fingerprint density at radius 1 is 1.40 bits per heavy atom. The molecule has 0 unspecified atom stereocenters. The summed E-state index contributed by atoms with van der Waals surface area (Å²) in [5.41, 5.74) is 0. The summed E-state index contributed by atoms with van der Waals surface area (Å²) >= 11 is 0. The summed E-state index contributed by atoms with van der Waals surface area (Å²) in [6.07, 6.45) is 2.07. The monoisotopic (exact) mass is 220 g/mol. The lowest BCUT2D eigenvalue weighted by Gasteiger charge is -2.27. The highest BCUT2D eigenvalue weighted by atomic mass is 19.3. The van der Waals surface area contributed by atoms with Gasteiger partial charge in [-0.2, -0.15) is 0 Å². The van der Waals surface area contributed by atoms with Gasteiger partial charge >= 0.3 is 5.97 Å². The third kappa shape index (κ3) is 4.58. The zero-order chi connectivity index (χ0) is 11.3. The summed E-state index contributed by atoms with van der Waals surface area (Å²) in [7, 11) is 0. The molecule has 88 valence electrons. The molecule has 1 saturated carbocycles. The van der Waals surface area contributed by atoms with Gasteiger partial charge in [0.15, 0.2) is 0 Å². The molecule has 1 rings (SSSR count). The van der Waals surface area contributed by atoms with Crippen molar-refractivity contribution < 1.29 is 18.3 Å². The van der Waals surface area contributed by atoms with Crippen LogP contribution in [0.5, 0.6) is 0 Å². The van der Waals surface area contributed by atoms with Crippen LogP contribution in [0.1, 0.15) is 45.4 Å². The van der Waals surface area contributed by atoms with E-state index < -0.39 is 5.92 Å². The largest absolute Gasteiger partial charge is 0.466 e. The van der Waals surface area contributed by atoms with E-state index in [0.29, 0.717) is 32.3 Å². The average molecular weight is 220 g/mol. The van der Waals surface area contributed by atoms with E-state index in [1.54, 1.807) is 6.92 Å². The first kappa shape index (κ1) is 12.4. The first-order valence-electron chi connectivity index (χ1n) is 5.57. The molecule has 0 spiro atoms. The molecule has 1 aliphatic carbocycles. The van der Waals surface area contributed by atoms with Crippen LogP contribution in [-0.2, 0) is 9.53 Å². The third-order valence-corrected chi connectivity index (χ3v) is 2.90. The number of halogens is 2. The standard InChI is InChI=1S/C11H18F2O2/c1-2-15-10(14)4-3-9-5-7-11(12,13)8-6-9/h9H,2-8H2,1H3. The van der Waals surface area contributed by atoms with Crippen molar-refractivity contribution in [1.29, 1.82) is 0 Å². The van der Waals surface area contributed by atoms with E-state index >= 15 is 0 Å². The fourth-order valence-electron chi connectivity index (χ4n) is 1.94. The van der Waals surface area contributed by atoms with Crippen molar-refractivity contribution in [3.63, 3.8) is 0 Å². The number of hydrogen-bond donors (Lipinski definition) is 0. The zero-order valence-electron chi connectivity index (χ0n) is 9.10. The van der Waals surface area contributed by atoms with E-state index in [0.717, 1.165) is 0 Å². The Hall–Kier alpha value is -0.670. The molecule has 1 aliphatic rings. The topological polar surface area (TPSA) is 26.3 Å². The van der Waals surface area contributed by atoms with Crippen molar-refractivity contribution in [1.82, 2.24) is 0 Å². The molecular weight excluding hydrogens is 202 g/mol. The van der Waals surface area contributed by atoms with Gasteiger partial charge in [0.2, 0.25) is 5.92 Å². The molecule has 1 fully saturated rings. The second-order valence-corrected chi connectivity index (χ2v) is 4.14. The molecule has 0 aromatic heterocycles. The Balaban J connectivity index is 2.16. The van der Waals surface area contributed by atoms with Gasteiger partial charge in [0.1, 0.15) is 0 Å². The number of alkyl halides is 2. The molecule has 0 aliphatic heterocycles. The lowest BCUT2D eigenvalue weighted by atomic mass is 9.84. The van der Waals surface area contributed by atoms with Crippen LogP contribution in [0, 0.1) is 5.92 Å². The van der Waals surface area contributed by atoms with E-state index in [9.17, 15) is 13.6 Å². The summed E-state index contributed by atoms with van der Waals surface area (Å²) in [6.45, 7) is 2.15. The van der Waals surface area contributed by atoms with E-state index in [-0.39, 0.29) is 24.7 Å². The number of carbonyl (C=O) groups excluding carboxylic acids is 1. The van der Waals surface area contributed by atoms with Gasteiger partial charge in [-0.3, -0.25) is 4.79 Å². The van der Waals surface area contributed by atoms with Crippen LogP contribution < -0.4 is 0 Å². The SMILES string of the molecule is CCOC(=O)CCC1CCC(F)(F)CC1. The van der Waals surface area contributed by atoms with Gasteiger partial charge in [-0.25, -0.2) is 8.78 Å². The number of hydrogen-bond acceptors (Lipinski definition) is 2. The Kier molecular flexibility index (Phi) is 4.48. The van der Waals surface area contributed by atoms with Crippen LogP contribution in [0.3, 0.4) is 0 Å². The van der Waals surface area contributed by atoms with Crippen LogP contribution in [-0.4, -0.2) is 18.5 Å². The molecule has 0 amide bonds. The fraction of sp³-hybridized carbons (Fsp3) is 0.909. The van der Waals surface area contributed by atoms with Crippen LogP contribution in [0.25, 0.3) is 0 Å². The van der Waals surface area contributed by atoms with Crippen molar-refractivity contribution in [3.8, 4) is 0 Å². The van der Waals surface area contributed by atoms with Gasteiger partial charge < -0.3 is 4.74 Å². The Morgan fingerprint density at radius 3 is 2.53 bits per heavy atom. The second kappa shape index (κ2) is 5.42. The van der Waals surface area contributed by atoms with Gasteiger partial charge in [0.25, 0.3) is 0 Å². The molecule has 0 radical (unpaired) electrons. The summed E-state index contributed by atoms with van der Waals surface area (Å²) in [6, 6.07) is 0. The van der Waals surface area contributed by atoms with E-state index in [1.807, 2.05) is 0 Å². The van der Waals surface area contributed by atoms with E-state index in [1.165, 1.54) is 0 Å². The molecule has 0 aromatic carbocycles. The molecule has 0 aromatic rings. The van der Waals surface area contributed by atoms with Crippen molar-refractivity contribution in [2.45, 2.75) is 51.4 Å². The molecule has 0 saturated heterocycles. The van der Waals surface area contributed by atoms with Crippen LogP contribution in [0.4, 0.5) is 8.78 Å². The van der Waals surface area contributed by atoms with Crippen molar-refractivity contribution in [2.75, 3.05) is 6.61 Å². The van der Waals surface area contributed by atoms with E-state index in [2.05, 4.69) is 0 Å². The Labute approximate surface area is 89.0 Å². The van der Waals surface area contributed by atoms with Crippen molar-refractivity contribution >= 4 is 5.97 Å². The zero-order valence-corrected chi connectivity index (χ0v) is 9.10. The molecule has 2 nitrogen and oxygen atoms in total. The highest BCUT2D eigenvalue weighted by Crippen LogP contribution is 2.37. The van der Waals surface area contributed by atoms with Gasteiger partial charge in [-0.05, 0) is 32.1 Å². The molecule has 0 N–H and O–H groups in total. The minimum Gasteiger partial charge on any atom is -0.466 e. The Morgan fingerprint density at radius 2 is 2.00 bits per heavy atom. The predicted molar refractivity (Wildman–Crippen MR) is 52.8 cm³/mol. The minimum atomic E-state index is -2.47. The van der Waals surface area contributed by atoms with Gasteiger partial charge in [0.05, 0.1) is 6.61 Å². The van der Waals surface area contributed by atoms with Crippen molar-refractivity contribution in [3.05, 3.63) is 0 Å². The molecule has 0 atom stereocenters. The van der Waals surface area contributed by atoms with Gasteiger partial charge in [0, 0.05) is 19.3 Å². The summed E-state index contributed by atoms with van der Waals surface area (Å²) < 4.78 is 30.4. The molecular formula is C11H18F2O2. The molecule has 4 heteroatoms. The van der Waals surface area contributed by atoms with Gasteiger partial charge in [-0.15, -0.1) is 0 Å². The Bertz CT molecular complexity index is 207. The number of esters is 1. The number of carbonyl (C=O) groups is 1. The van der Waals surface area contributed by atoms with Gasteiger partial charge in [-0.1, -0.05) is 0 Å².